The van der Waals surface area contributed by atoms with Crippen LogP contribution in [0.15, 0.2) is 35.7 Å². The minimum Gasteiger partial charge on any atom is -0.496 e. The zero-order valence-corrected chi connectivity index (χ0v) is 31.9. The highest BCUT2D eigenvalue weighted by molar-refractivity contribution is 7.91. The van der Waals surface area contributed by atoms with Crippen LogP contribution in [0, 0.1) is 24.7 Å². The third kappa shape index (κ3) is 7.03. The van der Waals surface area contributed by atoms with E-state index in [0.29, 0.717) is 48.5 Å². The monoisotopic (exact) mass is 749 g/mol. The van der Waals surface area contributed by atoms with Crippen molar-refractivity contribution >= 4 is 50.0 Å². The molecule has 0 saturated heterocycles. The average molecular weight is 750 g/mol. The van der Waals surface area contributed by atoms with Crippen LogP contribution in [-0.2, 0) is 24.4 Å². The van der Waals surface area contributed by atoms with Crippen molar-refractivity contribution < 1.29 is 32.3 Å². The van der Waals surface area contributed by atoms with Gasteiger partial charge in [0.05, 0.1) is 35.4 Å². The Balaban J connectivity index is 1.21. The largest absolute Gasteiger partial charge is 0.496 e. The van der Waals surface area contributed by atoms with E-state index in [1.807, 2.05) is 42.7 Å². The molecule has 2 aromatic heterocycles. The molecule has 278 valence electrons. The highest BCUT2D eigenvalue weighted by Crippen LogP contribution is 2.47. The molecule has 4 aliphatic rings. The van der Waals surface area contributed by atoms with E-state index in [9.17, 15) is 22.8 Å². The van der Waals surface area contributed by atoms with Crippen LogP contribution < -0.4 is 19.5 Å². The van der Waals surface area contributed by atoms with Crippen LogP contribution in [0.2, 0.25) is 0 Å². The molecule has 12 nitrogen and oxygen atoms in total. The van der Waals surface area contributed by atoms with E-state index in [0.717, 1.165) is 40.9 Å². The summed E-state index contributed by atoms with van der Waals surface area (Å²) in [6.07, 6.45) is 7.61. The first-order valence-electron chi connectivity index (χ1n) is 18.2. The molecule has 0 radical (unpaired) electrons. The predicted octanol–water partition coefficient (Wildman–Crippen LogP) is 5.25. The number of amides is 3. The Labute approximate surface area is 308 Å². The normalized spacial score (nSPS) is 27.4. The van der Waals surface area contributed by atoms with Gasteiger partial charge in [-0.15, -0.1) is 11.3 Å². The fraction of sp³-hybridized carbons (Fsp3) is 0.553. The summed E-state index contributed by atoms with van der Waals surface area (Å²) in [7, 11) is -0.445. The van der Waals surface area contributed by atoms with Crippen LogP contribution in [0.4, 0.5) is 0 Å². The maximum atomic E-state index is 14.3. The van der Waals surface area contributed by atoms with E-state index in [2.05, 4.69) is 23.9 Å². The third-order valence-electron chi connectivity index (χ3n) is 11.0. The molecule has 3 fully saturated rings. The van der Waals surface area contributed by atoms with Crippen molar-refractivity contribution in [1.29, 1.82) is 0 Å². The average Bonchev–Trinajstić information content (AvgIpc) is 3.98. The number of nitrogens with zero attached hydrogens (tertiary/aromatic N) is 3. The topological polar surface area (TPSA) is 157 Å². The summed E-state index contributed by atoms with van der Waals surface area (Å²) in [5, 5.41) is 5.95. The molecule has 0 bridgehead atoms. The lowest BCUT2D eigenvalue weighted by Crippen LogP contribution is -2.54. The van der Waals surface area contributed by atoms with Crippen molar-refractivity contribution in [3.05, 3.63) is 47.0 Å². The molecular formula is C38H47N5O7S2. The molecule has 1 aliphatic heterocycles. The van der Waals surface area contributed by atoms with Crippen molar-refractivity contribution in [2.45, 2.75) is 94.9 Å². The fourth-order valence-electron chi connectivity index (χ4n) is 7.55. The summed E-state index contributed by atoms with van der Waals surface area (Å²) in [6.45, 7) is 6.69. The predicted molar refractivity (Wildman–Crippen MR) is 199 cm³/mol. The molecule has 52 heavy (non-hydrogen) atoms. The zero-order chi connectivity index (χ0) is 36.9. The van der Waals surface area contributed by atoms with E-state index >= 15 is 0 Å². The fourth-order valence-corrected chi connectivity index (χ4v) is 9.85. The van der Waals surface area contributed by atoms with E-state index in [-0.39, 0.29) is 30.6 Å². The summed E-state index contributed by atoms with van der Waals surface area (Å²) in [5.41, 5.74) is 1.79. The van der Waals surface area contributed by atoms with Gasteiger partial charge < -0.3 is 19.7 Å². The molecule has 3 heterocycles. The van der Waals surface area contributed by atoms with Crippen LogP contribution in [0.3, 0.4) is 0 Å². The smallest absolute Gasteiger partial charge is 0.259 e. The lowest BCUT2D eigenvalue weighted by atomic mass is 9.93. The number of nitrogens with one attached hydrogen (secondary N) is 2. The molecule has 3 saturated carbocycles. The highest BCUT2D eigenvalue weighted by Gasteiger charge is 2.62. The number of thiazole rings is 1. The Hall–Kier alpha value is -4.04. The number of carbonyl (C=O) groups excluding carboxylic acids is 3. The minimum absolute atomic E-state index is 0.147. The molecule has 7 rings (SSSR count). The number of aromatic nitrogens is 2. The van der Waals surface area contributed by atoms with Gasteiger partial charge in [0.15, 0.2) is 0 Å². The number of hydrogen-bond acceptors (Lipinski definition) is 10. The van der Waals surface area contributed by atoms with E-state index in [1.54, 1.807) is 19.1 Å². The van der Waals surface area contributed by atoms with Crippen molar-refractivity contribution in [2.75, 3.05) is 20.7 Å². The highest BCUT2D eigenvalue weighted by atomic mass is 32.2. The Morgan fingerprint density at radius 1 is 1.12 bits per heavy atom. The van der Waals surface area contributed by atoms with Crippen molar-refractivity contribution in [3.8, 4) is 22.2 Å². The Morgan fingerprint density at radius 3 is 2.60 bits per heavy atom. The van der Waals surface area contributed by atoms with Crippen molar-refractivity contribution in [2.24, 2.45) is 17.8 Å². The maximum Gasteiger partial charge on any atom is 0.259 e. The van der Waals surface area contributed by atoms with Crippen molar-refractivity contribution in [1.82, 2.24) is 24.9 Å². The van der Waals surface area contributed by atoms with E-state index in [4.69, 9.17) is 19.4 Å². The maximum absolute atomic E-state index is 14.3. The molecule has 3 amide bonds. The third-order valence-corrected chi connectivity index (χ3v) is 13.7. The molecule has 3 aliphatic carbocycles. The number of carbonyl (C=O) groups is 3. The molecule has 1 aromatic carbocycles. The van der Waals surface area contributed by atoms with Crippen LogP contribution in [0.5, 0.6) is 11.5 Å². The summed E-state index contributed by atoms with van der Waals surface area (Å²) >= 11 is 1.51. The van der Waals surface area contributed by atoms with Gasteiger partial charge in [-0.1, -0.05) is 26.0 Å². The zero-order valence-electron chi connectivity index (χ0n) is 30.3. The van der Waals surface area contributed by atoms with Gasteiger partial charge in [0.2, 0.25) is 21.8 Å². The first-order valence-corrected chi connectivity index (χ1v) is 20.6. The van der Waals surface area contributed by atoms with Gasteiger partial charge in [0, 0.05) is 41.9 Å². The second-order valence-electron chi connectivity index (χ2n) is 15.1. The molecule has 2 N–H and O–H groups in total. The standard InChI is InChI=1S/C38H47N5O7S2/c1-21(2)30-20-51-35(40-30)29-18-32(26-13-14-31(49-5)22(3)33(26)39-29)50-24-16-27-28(17-24)36(45)43(4)15-9-7-6-8-10-23-19-38(23,41-34(27)44)37(46)42-52(47,48)25-11-12-25/h8,10,13-14,18,20-21,23-25,27-28H,6-7,9,11-12,15-17,19H2,1-5H3,(H,41,44)(H,42,46)/b10-8-/t23?,24?,27-,28?,38-/m1/s1. The van der Waals surface area contributed by atoms with Gasteiger partial charge in [0.1, 0.15) is 33.8 Å². The number of benzene rings is 1. The number of allylic oxidation sites excluding steroid dienone is 1. The van der Waals surface area contributed by atoms with Crippen LogP contribution in [0.25, 0.3) is 21.6 Å². The lowest BCUT2D eigenvalue weighted by molar-refractivity contribution is -0.140. The first kappa shape index (κ1) is 36.3. The molecule has 14 heteroatoms. The quantitative estimate of drug-likeness (QED) is 0.294. The number of aryl methyl sites for hydroxylation is 1. The summed E-state index contributed by atoms with van der Waals surface area (Å²) in [5.74, 6) is -1.63. The summed E-state index contributed by atoms with van der Waals surface area (Å²) in [4.78, 5) is 53.5. The number of rotatable bonds is 8. The second-order valence-corrected chi connectivity index (χ2v) is 17.9. The minimum atomic E-state index is -3.83. The Morgan fingerprint density at radius 2 is 1.88 bits per heavy atom. The van der Waals surface area contributed by atoms with Gasteiger partial charge in [-0.05, 0) is 76.3 Å². The molecule has 5 atom stereocenters. The lowest BCUT2D eigenvalue weighted by Gasteiger charge is -2.26. The molecule has 0 spiro atoms. The molecular weight excluding hydrogens is 703 g/mol. The SMILES string of the molecule is COc1ccc2c(OC3CC4C(=O)N(C)CCCC/C=C\C5C[C@@]5(C(=O)NS(=O)(=O)C5CC5)NC(=O)[C@@H]4C3)cc(-c3nc(C(C)C)cs3)nc2c1C. The summed E-state index contributed by atoms with van der Waals surface area (Å²) < 4.78 is 40.2. The number of sulfonamides is 1. The van der Waals surface area contributed by atoms with Crippen molar-refractivity contribution in [3.63, 3.8) is 0 Å². The van der Waals surface area contributed by atoms with E-state index < -0.39 is 50.6 Å². The molecule has 3 unspecified atom stereocenters. The number of fused-ring (bicyclic) bond motifs is 3. The number of ether oxygens (including phenoxy) is 2. The second kappa shape index (κ2) is 14.1. The number of methoxy groups -OCH3 is 1. The van der Waals surface area contributed by atoms with Gasteiger partial charge in [-0.3, -0.25) is 19.1 Å². The van der Waals surface area contributed by atoms with Gasteiger partial charge in [0.25, 0.3) is 5.91 Å². The number of hydrogen-bond donors (Lipinski definition) is 2. The Bertz CT molecular complexity index is 2040. The first-order chi connectivity index (χ1) is 24.8. The van der Waals surface area contributed by atoms with E-state index in [1.165, 1.54) is 11.3 Å². The summed E-state index contributed by atoms with van der Waals surface area (Å²) in [6, 6.07) is 5.66. The van der Waals surface area contributed by atoms with Gasteiger partial charge >= 0.3 is 0 Å². The Kier molecular flexibility index (Phi) is 9.83. The van der Waals surface area contributed by atoms with Crippen LogP contribution in [0.1, 0.15) is 82.4 Å². The van der Waals surface area contributed by atoms with Crippen LogP contribution in [-0.4, -0.2) is 78.6 Å². The molecule has 3 aromatic rings. The van der Waals surface area contributed by atoms with Crippen LogP contribution >= 0.6 is 11.3 Å². The van der Waals surface area contributed by atoms with Gasteiger partial charge in [-0.2, -0.15) is 0 Å². The number of pyridine rings is 1. The van der Waals surface area contributed by atoms with Gasteiger partial charge in [-0.25, -0.2) is 18.4 Å².